The Morgan fingerprint density at radius 3 is 2.53 bits per heavy atom. The van der Waals surface area contributed by atoms with E-state index in [0.29, 0.717) is 12.1 Å². The summed E-state index contributed by atoms with van der Waals surface area (Å²) in [5.74, 6) is -0.781. The first-order valence-corrected chi connectivity index (χ1v) is 10.4. The summed E-state index contributed by atoms with van der Waals surface area (Å²) in [5, 5.41) is 5.66. The molecule has 0 saturated carbocycles. The lowest BCUT2D eigenvalue weighted by atomic mass is 9.93. The van der Waals surface area contributed by atoms with Gasteiger partial charge in [0.2, 0.25) is 0 Å². The van der Waals surface area contributed by atoms with Crippen LogP contribution in [0.5, 0.6) is 0 Å². The van der Waals surface area contributed by atoms with Crippen molar-refractivity contribution in [1.82, 2.24) is 10.3 Å². The van der Waals surface area contributed by atoms with Crippen molar-refractivity contribution in [3.8, 4) is 0 Å². The van der Waals surface area contributed by atoms with Gasteiger partial charge in [-0.15, -0.1) is 0 Å². The minimum absolute atomic E-state index is 0.160. The first kappa shape index (κ1) is 21.5. The molecule has 1 atom stereocenters. The minimum Gasteiger partial charge on any atom is -0.323 e. The van der Waals surface area contributed by atoms with E-state index in [1.54, 1.807) is 38.1 Å². The van der Waals surface area contributed by atoms with E-state index in [1.165, 1.54) is 12.1 Å². The van der Waals surface area contributed by atoms with Crippen LogP contribution in [0, 0.1) is 6.92 Å². The molecule has 2 heterocycles. The first-order chi connectivity index (χ1) is 15.3. The lowest BCUT2D eigenvalue weighted by Gasteiger charge is -2.22. The number of imide groups is 1. The van der Waals surface area contributed by atoms with Crippen molar-refractivity contribution in [1.29, 1.82) is 0 Å². The van der Waals surface area contributed by atoms with Crippen molar-refractivity contribution in [3.63, 3.8) is 0 Å². The third-order valence-corrected chi connectivity index (χ3v) is 5.53. The number of hydrogen-bond donors (Lipinski definition) is 2. The van der Waals surface area contributed by atoms with Gasteiger partial charge < -0.3 is 10.6 Å². The molecule has 2 N–H and O–H groups in total. The highest BCUT2D eigenvalue weighted by Gasteiger charge is 2.48. The number of nitrogens with zero attached hydrogens (tertiary/aromatic N) is 2. The van der Waals surface area contributed by atoms with E-state index in [2.05, 4.69) is 15.6 Å². The van der Waals surface area contributed by atoms with Crippen molar-refractivity contribution in [3.05, 3.63) is 88.7 Å². The zero-order chi connectivity index (χ0) is 22.9. The molecule has 2 aromatic carbocycles. The Kier molecular flexibility index (Phi) is 5.67. The maximum Gasteiger partial charge on any atom is 0.329 e. The van der Waals surface area contributed by atoms with E-state index in [-0.39, 0.29) is 22.3 Å². The summed E-state index contributed by atoms with van der Waals surface area (Å²) in [6.07, 6.45) is 0.351. The van der Waals surface area contributed by atoms with Gasteiger partial charge in [0, 0.05) is 17.8 Å². The molecule has 1 aliphatic heterocycles. The first-order valence-electron chi connectivity index (χ1n) is 10.0. The number of benzene rings is 2. The average molecular weight is 449 g/mol. The Hall–Kier alpha value is -3.71. The third-order valence-electron chi connectivity index (χ3n) is 5.23. The standard InChI is InChI=1S/C24H21ClN4O3/c1-15-7-6-10-19(26-15)21(30)27-17-11-12-20(18(25)13-17)29-22(31)24(2,28-23(29)32)14-16-8-4-3-5-9-16/h3-13H,14H2,1-2H3,(H,27,30)(H,28,32)/t24-/m0/s1. The lowest BCUT2D eigenvalue weighted by Crippen LogP contribution is -2.46. The van der Waals surface area contributed by atoms with Gasteiger partial charge in [0.15, 0.2) is 0 Å². The third kappa shape index (κ3) is 4.20. The second-order valence-corrected chi connectivity index (χ2v) is 8.26. The summed E-state index contributed by atoms with van der Waals surface area (Å²) in [4.78, 5) is 43.5. The van der Waals surface area contributed by atoms with Crippen LogP contribution < -0.4 is 15.5 Å². The number of hydrogen-bond acceptors (Lipinski definition) is 4. The Bertz CT molecular complexity index is 1210. The molecular formula is C24H21ClN4O3. The largest absolute Gasteiger partial charge is 0.329 e. The molecule has 162 valence electrons. The average Bonchev–Trinajstić information content (AvgIpc) is 2.97. The van der Waals surface area contributed by atoms with E-state index < -0.39 is 17.5 Å². The van der Waals surface area contributed by atoms with Gasteiger partial charge in [-0.2, -0.15) is 0 Å². The fraction of sp³-hybridized carbons (Fsp3) is 0.167. The van der Waals surface area contributed by atoms with E-state index >= 15 is 0 Å². The SMILES string of the molecule is Cc1cccc(C(=O)Nc2ccc(N3C(=O)N[C@@](C)(Cc4ccccc4)C3=O)c(Cl)c2)n1. The van der Waals surface area contributed by atoms with Crippen LogP contribution in [0.3, 0.4) is 0 Å². The quantitative estimate of drug-likeness (QED) is 0.567. The number of anilines is 2. The molecule has 1 aromatic heterocycles. The van der Waals surface area contributed by atoms with Gasteiger partial charge in [-0.1, -0.05) is 48.0 Å². The van der Waals surface area contributed by atoms with E-state index in [9.17, 15) is 14.4 Å². The van der Waals surface area contributed by atoms with Crippen molar-refractivity contribution in [2.24, 2.45) is 0 Å². The number of pyridine rings is 1. The number of carbonyl (C=O) groups excluding carboxylic acids is 3. The van der Waals surface area contributed by atoms with Gasteiger partial charge >= 0.3 is 6.03 Å². The topological polar surface area (TPSA) is 91.4 Å². The van der Waals surface area contributed by atoms with Gasteiger partial charge in [-0.25, -0.2) is 14.7 Å². The van der Waals surface area contributed by atoms with Crippen LogP contribution in [0.2, 0.25) is 5.02 Å². The zero-order valence-electron chi connectivity index (χ0n) is 17.6. The molecule has 0 spiro atoms. The fourth-order valence-corrected chi connectivity index (χ4v) is 3.92. The normalized spacial score (nSPS) is 17.9. The van der Waals surface area contributed by atoms with Gasteiger partial charge in [0.1, 0.15) is 11.2 Å². The van der Waals surface area contributed by atoms with Gasteiger partial charge in [-0.3, -0.25) is 9.59 Å². The number of urea groups is 1. The number of halogens is 1. The number of amides is 4. The van der Waals surface area contributed by atoms with Crippen molar-refractivity contribution in [2.45, 2.75) is 25.8 Å². The van der Waals surface area contributed by atoms with Crippen LogP contribution in [-0.4, -0.2) is 28.4 Å². The summed E-state index contributed by atoms with van der Waals surface area (Å²) in [6.45, 7) is 3.49. The van der Waals surface area contributed by atoms with Crippen LogP contribution >= 0.6 is 11.6 Å². The summed E-state index contributed by atoms with van der Waals surface area (Å²) in [5.41, 5.74) is 1.51. The number of carbonyl (C=O) groups is 3. The predicted molar refractivity (Wildman–Crippen MR) is 123 cm³/mol. The van der Waals surface area contributed by atoms with Crippen LogP contribution in [0.1, 0.15) is 28.7 Å². The van der Waals surface area contributed by atoms with E-state index in [1.807, 2.05) is 30.3 Å². The number of nitrogens with one attached hydrogen (secondary N) is 2. The van der Waals surface area contributed by atoms with Crippen LogP contribution in [0.15, 0.2) is 66.7 Å². The van der Waals surface area contributed by atoms with Crippen LogP contribution in [-0.2, 0) is 11.2 Å². The maximum atomic E-state index is 13.2. The molecule has 7 nitrogen and oxygen atoms in total. The van der Waals surface area contributed by atoms with Crippen molar-refractivity contribution in [2.75, 3.05) is 10.2 Å². The monoisotopic (exact) mass is 448 g/mol. The molecule has 1 fully saturated rings. The molecule has 1 aliphatic rings. The summed E-state index contributed by atoms with van der Waals surface area (Å²) in [7, 11) is 0. The Morgan fingerprint density at radius 2 is 1.84 bits per heavy atom. The molecule has 32 heavy (non-hydrogen) atoms. The fourth-order valence-electron chi connectivity index (χ4n) is 3.66. The second kappa shape index (κ2) is 8.43. The lowest BCUT2D eigenvalue weighted by molar-refractivity contribution is -0.121. The van der Waals surface area contributed by atoms with Crippen molar-refractivity contribution < 1.29 is 14.4 Å². The second-order valence-electron chi connectivity index (χ2n) is 7.85. The molecule has 0 unspecified atom stereocenters. The molecule has 1 saturated heterocycles. The Morgan fingerprint density at radius 1 is 1.09 bits per heavy atom. The Labute approximate surface area is 190 Å². The summed E-state index contributed by atoms with van der Waals surface area (Å²) in [6, 6.07) is 18.7. The number of aromatic nitrogens is 1. The smallest absolute Gasteiger partial charge is 0.323 e. The highest BCUT2D eigenvalue weighted by molar-refractivity contribution is 6.36. The molecule has 4 rings (SSSR count). The molecule has 3 aromatic rings. The zero-order valence-corrected chi connectivity index (χ0v) is 18.3. The van der Waals surface area contributed by atoms with E-state index in [4.69, 9.17) is 11.6 Å². The molecule has 8 heteroatoms. The summed E-state index contributed by atoms with van der Waals surface area (Å²) < 4.78 is 0. The molecule has 0 aliphatic carbocycles. The Balaban J connectivity index is 1.54. The maximum absolute atomic E-state index is 13.2. The van der Waals surface area contributed by atoms with Gasteiger partial charge in [0.05, 0.1) is 10.7 Å². The molecular weight excluding hydrogens is 428 g/mol. The number of aryl methyl sites for hydroxylation is 1. The van der Waals surface area contributed by atoms with Crippen LogP contribution in [0.4, 0.5) is 16.2 Å². The molecule has 4 amide bonds. The highest BCUT2D eigenvalue weighted by Crippen LogP contribution is 2.34. The molecule has 0 radical (unpaired) electrons. The number of rotatable bonds is 5. The predicted octanol–water partition coefficient (Wildman–Crippen LogP) is 4.35. The van der Waals surface area contributed by atoms with Gasteiger partial charge in [-0.05, 0) is 49.7 Å². The highest BCUT2D eigenvalue weighted by atomic mass is 35.5. The van der Waals surface area contributed by atoms with Crippen LogP contribution in [0.25, 0.3) is 0 Å². The van der Waals surface area contributed by atoms with Gasteiger partial charge in [0.25, 0.3) is 11.8 Å². The molecule has 0 bridgehead atoms. The van der Waals surface area contributed by atoms with Crippen molar-refractivity contribution >= 4 is 40.8 Å². The van der Waals surface area contributed by atoms with E-state index in [0.717, 1.165) is 16.2 Å². The minimum atomic E-state index is -1.09. The summed E-state index contributed by atoms with van der Waals surface area (Å²) >= 11 is 6.41.